The molecule has 1 N–H and O–H groups in total. The minimum atomic E-state index is 0.639. The number of hydrogen-bond acceptors (Lipinski definition) is 4. The van der Waals surface area contributed by atoms with E-state index in [0.717, 1.165) is 25.1 Å². The first-order valence-electron chi connectivity index (χ1n) is 6.09. The number of aromatic nitrogens is 2. The SMILES string of the molecule is C/C=C/CCNc1nc(C)cc(OCCC)n1. The maximum Gasteiger partial charge on any atom is 0.226 e. The third kappa shape index (κ3) is 5.33. The van der Waals surface area contributed by atoms with Crippen LogP contribution in [0.2, 0.25) is 0 Å². The number of allylic oxidation sites excluding steroid dienone is 1. The number of ether oxygens (including phenoxy) is 1. The number of nitrogens with zero attached hydrogens (tertiary/aromatic N) is 2. The second-order valence-corrected chi connectivity index (χ2v) is 3.80. The van der Waals surface area contributed by atoms with Gasteiger partial charge >= 0.3 is 0 Å². The van der Waals surface area contributed by atoms with Gasteiger partial charge in [0.05, 0.1) is 6.61 Å². The summed E-state index contributed by atoms with van der Waals surface area (Å²) in [4.78, 5) is 8.61. The van der Waals surface area contributed by atoms with Crippen LogP contribution in [0.1, 0.15) is 32.4 Å². The van der Waals surface area contributed by atoms with Crippen molar-refractivity contribution < 1.29 is 4.74 Å². The van der Waals surface area contributed by atoms with Crippen LogP contribution >= 0.6 is 0 Å². The van der Waals surface area contributed by atoms with Crippen LogP contribution in [0.25, 0.3) is 0 Å². The molecule has 0 fully saturated rings. The van der Waals surface area contributed by atoms with Gasteiger partial charge < -0.3 is 10.1 Å². The molecule has 0 aliphatic rings. The Morgan fingerprint density at radius 1 is 1.41 bits per heavy atom. The first kappa shape index (κ1) is 13.5. The minimum absolute atomic E-state index is 0.639. The van der Waals surface area contributed by atoms with Gasteiger partial charge in [-0.15, -0.1) is 0 Å². The summed E-state index contributed by atoms with van der Waals surface area (Å²) < 4.78 is 5.50. The lowest BCUT2D eigenvalue weighted by atomic mass is 10.4. The molecule has 17 heavy (non-hydrogen) atoms. The molecule has 0 amide bonds. The van der Waals surface area contributed by atoms with Crippen molar-refractivity contribution in [3.05, 3.63) is 23.9 Å². The molecule has 94 valence electrons. The van der Waals surface area contributed by atoms with E-state index in [2.05, 4.69) is 28.3 Å². The molecule has 1 heterocycles. The van der Waals surface area contributed by atoms with Crippen LogP contribution in [0.15, 0.2) is 18.2 Å². The molecule has 0 aliphatic carbocycles. The Kier molecular flexibility index (Phi) is 6.07. The first-order chi connectivity index (χ1) is 8.26. The molecule has 0 bridgehead atoms. The van der Waals surface area contributed by atoms with Gasteiger partial charge in [0, 0.05) is 18.3 Å². The van der Waals surface area contributed by atoms with E-state index in [4.69, 9.17) is 4.74 Å². The fourth-order valence-electron chi connectivity index (χ4n) is 1.33. The maximum atomic E-state index is 5.50. The Labute approximate surface area is 103 Å². The summed E-state index contributed by atoms with van der Waals surface area (Å²) in [6.45, 7) is 7.55. The van der Waals surface area contributed by atoms with Crippen molar-refractivity contribution in [2.24, 2.45) is 0 Å². The molecule has 0 aliphatic heterocycles. The van der Waals surface area contributed by atoms with Crippen LogP contribution in [-0.4, -0.2) is 23.1 Å². The summed E-state index contributed by atoms with van der Waals surface area (Å²) in [7, 11) is 0. The number of nitrogens with one attached hydrogen (secondary N) is 1. The van der Waals surface area contributed by atoms with E-state index in [9.17, 15) is 0 Å². The van der Waals surface area contributed by atoms with Crippen LogP contribution in [0.4, 0.5) is 5.95 Å². The van der Waals surface area contributed by atoms with Crippen LogP contribution in [0, 0.1) is 6.92 Å². The van der Waals surface area contributed by atoms with Crippen LogP contribution in [0.3, 0.4) is 0 Å². The lowest BCUT2D eigenvalue weighted by Gasteiger charge is -2.08. The second-order valence-electron chi connectivity index (χ2n) is 3.80. The van der Waals surface area contributed by atoms with E-state index < -0.39 is 0 Å². The molecule has 0 spiro atoms. The molecule has 0 aromatic carbocycles. The second kappa shape index (κ2) is 7.65. The number of rotatable bonds is 7. The van der Waals surface area contributed by atoms with E-state index in [1.807, 2.05) is 26.0 Å². The Bertz CT molecular complexity index is 364. The lowest BCUT2D eigenvalue weighted by molar-refractivity contribution is 0.305. The molecule has 1 rings (SSSR count). The summed E-state index contributed by atoms with van der Waals surface area (Å²) in [5, 5.41) is 3.18. The predicted octanol–water partition coefficient (Wildman–Crippen LogP) is 2.95. The van der Waals surface area contributed by atoms with Gasteiger partial charge in [-0.3, -0.25) is 0 Å². The molecular formula is C13H21N3O. The molecule has 0 radical (unpaired) electrons. The molecule has 4 nitrogen and oxygen atoms in total. The van der Waals surface area contributed by atoms with Gasteiger partial charge in [-0.1, -0.05) is 19.1 Å². The highest BCUT2D eigenvalue weighted by molar-refractivity contribution is 5.30. The van der Waals surface area contributed by atoms with E-state index in [-0.39, 0.29) is 0 Å². The smallest absolute Gasteiger partial charge is 0.226 e. The summed E-state index contributed by atoms with van der Waals surface area (Å²) in [5.41, 5.74) is 0.916. The Morgan fingerprint density at radius 2 is 2.24 bits per heavy atom. The van der Waals surface area contributed by atoms with Gasteiger partial charge in [0.2, 0.25) is 11.8 Å². The lowest BCUT2D eigenvalue weighted by Crippen LogP contribution is -2.07. The van der Waals surface area contributed by atoms with E-state index >= 15 is 0 Å². The molecule has 1 aromatic rings. The molecule has 0 unspecified atom stereocenters. The van der Waals surface area contributed by atoms with Crippen molar-refractivity contribution in [1.82, 2.24) is 9.97 Å². The topological polar surface area (TPSA) is 47.0 Å². The molecule has 0 saturated heterocycles. The average molecular weight is 235 g/mol. The number of hydrogen-bond donors (Lipinski definition) is 1. The fraction of sp³-hybridized carbons (Fsp3) is 0.538. The van der Waals surface area contributed by atoms with Crippen LogP contribution < -0.4 is 10.1 Å². The zero-order valence-electron chi connectivity index (χ0n) is 10.9. The van der Waals surface area contributed by atoms with Crippen LogP contribution in [0.5, 0.6) is 5.88 Å². The van der Waals surface area contributed by atoms with Gasteiger partial charge in [0.1, 0.15) is 0 Å². The summed E-state index contributed by atoms with van der Waals surface area (Å²) >= 11 is 0. The fourth-order valence-corrected chi connectivity index (χ4v) is 1.33. The van der Waals surface area contributed by atoms with Crippen molar-refractivity contribution in [1.29, 1.82) is 0 Å². The zero-order chi connectivity index (χ0) is 12.5. The number of aryl methyl sites for hydroxylation is 1. The minimum Gasteiger partial charge on any atom is -0.478 e. The largest absolute Gasteiger partial charge is 0.478 e. The average Bonchev–Trinajstić information content (AvgIpc) is 2.31. The van der Waals surface area contributed by atoms with Crippen molar-refractivity contribution >= 4 is 5.95 Å². The van der Waals surface area contributed by atoms with Gasteiger partial charge in [0.15, 0.2) is 0 Å². The monoisotopic (exact) mass is 235 g/mol. The highest BCUT2D eigenvalue weighted by Gasteiger charge is 2.01. The molecule has 0 atom stereocenters. The van der Waals surface area contributed by atoms with Crippen molar-refractivity contribution in [3.8, 4) is 5.88 Å². The van der Waals surface area contributed by atoms with E-state index in [1.165, 1.54) is 0 Å². The first-order valence-corrected chi connectivity index (χ1v) is 6.09. The third-order valence-electron chi connectivity index (χ3n) is 2.11. The van der Waals surface area contributed by atoms with Crippen molar-refractivity contribution in [2.75, 3.05) is 18.5 Å². The quantitative estimate of drug-likeness (QED) is 0.583. The summed E-state index contributed by atoms with van der Waals surface area (Å²) in [6.07, 6.45) is 6.10. The number of anilines is 1. The van der Waals surface area contributed by atoms with Crippen molar-refractivity contribution in [2.45, 2.75) is 33.6 Å². The zero-order valence-corrected chi connectivity index (χ0v) is 10.9. The molecule has 0 saturated carbocycles. The van der Waals surface area contributed by atoms with Gasteiger partial charge in [0.25, 0.3) is 0 Å². The Hall–Kier alpha value is -1.58. The van der Waals surface area contributed by atoms with Gasteiger partial charge in [-0.05, 0) is 26.7 Å². The van der Waals surface area contributed by atoms with Crippen LogP contribution in [-0.2, 0) is 0 Å². The Balaban J connectivity index is 2.55. The molecular weight excluding hydrogens is 214 g/mol. The molecule has 1 aromatic heterocycles. The summed E-state index contributed by atoms with van der Waals surface area (Å²) in [5.74, 6) is 1.29. The molecule has 4 heteroatoms. The third-order valence-corrected chi connectivity index (χ3v) is 2.11. The normalized spacial score (nSPS) is 10.8. The Morgan fingerprint density at radius 3 is 2.94 bits per heavy atom. The summed E-state index contributed by atoms with van der Waals surface area (Å²) in [6, 6.07) is 1.85. The predicted molar refractivity (Wildman–Crippen MR) is 70.5 cm³/mol. The maximum absolute atomic E-state index is 5.50. The highest BCUT2D eigenvalue weighted by Crippen LogP contribution is 2.12. The van der Waals surface area contributed by atoms with E-state index in [0.29, 0.717) is 18.4 Å². The van der Waals surface area contributed by atoms with E-state index in [1.54, 1.807) is 0 Å². The highest BCUT2D eigenvalue weighted by atomic mass is 16.5. The van der Waals surface area contributed by atoms with Gasteiger partial charge in [-0.2, -0.15) is 4.98 Å². The van der Waals surface area contributed by atoms with Gasteiger partial charge in [-0.25, -0.2) is 4.98 Å². The standard InChI is InChI=1S/C13H21N3O/c1-4-6-7-8-14-13-15-11(3)10-12(16-13)17-9-5-2/h4,6,10H,5,7-9H2,1-3H3,(H,14,15,16)/b6-4+. The van der Waals surface area contributed by atoms with Crippen molar-refractivity contribution in [3.63, 3.8) is 0 Å².